The van der Waals surface area contributed by atoms with Gasteiger partial charge in [0.1, 0.15) is 0 Å². The predicted molar refractivity (Wildman–Crippen MR) is 95.3 cm³/mol. The number of aryl methyl sites for hydroxylation is 2. The van der Waals surface area contributed by atoms with Crippen molar-refractivity contribution >= 4 is 17.0 Å². The summed E-state index contributed by atoms with van der Waals surface area (Å²) in [5.74, 6) is 0.0374. The second-order valence-corrected chi connectivity index (χ2v) is 6.68. The van der Waals surface area contributed by atoms with Crippen LogP contribution in [0.25, 0.3) is 11.1 Å². The molecule has 1 amide bonds. The molecule has 1 fully saturated rings. The van der Waals surface area contributed by atoms with E-state index in [4.69, 9.17) is 4.52 Å². The Balaban J connectivity index is 1.78. The molecule has 1 unspecified atom stereocenters. The van der Waals surface area contributed by atoms with E-state index in [0.29, 0.717) is 17.0 Å². The summed E-state index contributed by atoms with van der Waals surface area (Å²) in [7, 11) is 0. The van der Waals surface area contributed by atoms with Crippen molar-refractivity contribution in [1.29, 1.82) is 0 Å². The van der Waals surface area contributed by atoms with Gasteiger partial charge >= 0.3 is 0 Å². The SMILES string of the molecule is Cc1cc(C(=O)N2CCCCC2c2ccccc2)c2c(C)noc2n1. The molecule has 3 aromatic rings. The van der Waals surface area contributed by atoms with E-state index in [9.17, 15) is 4.79 Å². The average molecular weight is 335 g/mol. The second-order valence-electron chi connectivity index (χ2n) is 6.68. The Bertz CT molecular complexity index is 917. The van der Waals surface area contributed by atoms with E-state index in [1.54, 1.807) is 0 Å². The second kappa shape index (κ2) is 6.31. The van der Waals surface area contributed by atoms with Gasteiger partial charge in [-0.2, -0.15) is 0 Å². The highest BCUT2D eigenvalue weighted by Gasteiger charge is 2.30. The molecule has 0 N–H and O–H groups in total. The molecule has 1 atom stereocenters. The maximum absolute atomic E-state index is 13.4. The number of pyridine rings is 1. The Labute approximate surface area is 146 Å². The van der Waals surface area contributed by atoms with Gasteiger partial charge in [-0.3, -0.25) is 4.79 Å². The van der Waals surface area contributed by atoms with Gasteiger partial charge in [-0.15, -0.1) is 0 Å². The van der Waals surface area contributed by atoms with Gasteiger partial charge in [0.15, 0.2) is 0 Å². The van der Waals surface area contributed by atoms with E-state index >= 15 is 0 Å². The number of nitrogens with zero attached hydrogens (tertiary/aromatic N) is 3. The molecule has 0 spiro atoms. The van der Waals surface area contributed by atoms with Crippen LogP contribution >= 0.6 is 0 Å². The Morgan fingerprint density at radius 3 is 2.80 bits per heavy atom. The molecule has 0 aliphatic carbocycles. The Kier molecular flexibility index (Phi) is 3.99. The number of hydrogen-bond donors (Lipinski definition) is 0. The molecule has 1 saturated heterocycles. The number of aromatic nitrogens is 2. The lowest BCUT2D eigenvalue weighted by Gasteiger charge is -2.36. The summed E-state index contributed by atoms with van der Waals surface area (Å²) in [4.78, 5) is 19.8. The number of piperidine rings is 1. The van der Waals surface area contributed by atoms with E-state index in [-0.39, 0.29) is 11.9 Å². The zero-order valence-electron chi connectivity index (χ0n) is 14.5. The summed E-state index contributed by atoms with van der Waals surface area (Å²) in [6, 6.07) is 12.3. The zero-order valence-corrected chi connectivity index (χ0v) is 14.5. The van der Waals surface area contributed by atoms with Crippen LogP contribution < -0.4 is 0 Å². The fourth-order valence-electron chi connectivity index (χ4n) is 3.74. The molecule has 0 radical (unpaired) electrons. The summed E-state index contributed by atoms with van der Waals surface area (Å²) in [5.41, 5.74) is 3.75. The number of carbonyl (C=O) groups excluding carboxylic acids is 1. The van der Waals surface area contributed by atoms with E-state index in [1.807, 2.05) is 43.0 Å². The number of fused-ring (bicyclic) bond motifs is 1. The van der Waals surface area contributed by atoms with Gasteiger partial charge in [0.2, 0.25) is 0 Å². The first-order valence-electron chi connectivity index (χ1n) is 8.74. The fourth-order valence-corrected chi connectivity index (χ4v) is 3.74. The van der Waals surface area contributed by atoms with E-state index in [1.165, 1.54) is 5.56 Å². The highest BCUT2D eigenvalue weighted by molar-refractivity contribution is 6.06. The lowest BCUT2D eigenvalue weighted by Crippen LogP contribution is -2.38. The molecule has 4 rings (SSSR count). The van der Waals surface area contributed by atoms with Crippen molar-refractivity contribution in [3.63, 3.8) is 0 Å². The largest absolute Gasteiger partial charge is 0.336 e. The molecule has 25 heavy (non-hydrogen) atoms. The Morgan fingerprint density at radius 2 is 2.00 bits per heavy atom. The van der Waals surface area contributed by atoms with Crippen LogP contribution in [0.15, 0.2) is 40.9 Å². The lowest BCUT2D eigenvalue weighted by atomic mass is 9.94. The molecule has 5 heteroatoms. The monoisotopic (exact) mass is 335 g/mol. The molecule has 3 heterocycles. The zero-order chi connectivity index (χ0) is 17.4. The third-order valence-corrected chi connectivity index (χ3v) is 4.92. The van der Waals surface area contributed by atoms with Crippen LogP contribution in [0.2, 0.25) is 0 Å². The van der Waals surface area contributed by atoms with Crippen LogP contribution in [0.5, 0.6) is 0 Å². The minimum atomic E-state index is 0.0374. The van der Waals surface area contributed by atoms with Crippen LogP contribution in [0, 0.1) is 13.8 Å². The van der Waals surface area contributed by atoms with Crippen LogP contribution in [0.3, 0.4) is 0 Å². The molecule has 0 bridgehead atoms. The van der Waals surface area contributed by atoms with Crippen LogP contribution in [0.1, 0.15) is 52.6 Å². The molecule has 128 valence electrons. The van der Waals surface area contributed by atoms with Crippen molar-refractivity contribution < 1.29 is 9.32 Å². The normalized spacial score (nSPS) is 17.8. The minimum Gasteiger partial charge on any atom is -0.336 e. The quantitative estimate of drug-likeness (QED) is 0.704. The number of hydrogen-bond acceptors (Lipinski definition) is 4. The lowest BCUT2D eigenvalue weighted by molar-refractivity contribution is 0.0613. The van der Waals surface area contributed by atoms with Crippen LogP contribution in [0.4, 0.5) is 0 Å². The Hall–Kier alpha value is -2.69. The van der Waals surface area contributed by atoms with E-state index in [2.05, 4.69) is 22.3 Å². The van der Waals surface area contributed by atoms with Crippen molar-refractivity contribution in [3.05, 3.63) is 58.9 Å². The molecule has 5 nitrogen and oxygen atoms in total. The van der Waals surface area contributed by atoms with Gasteiger partial charge in [0.25, 0.3) is 11.6 Å². The van der Waals surface area contributed by atoms with Crippen molar-refractivity contribution in [2.24, 2.45) is 0 Å². The minimum absolute atomic E-state index is 0.0374. The molecule has 2 aromatic heterocycles. The van der Waals surface area contributed by atoms with Gasteiger partial charge in [-0.1, -0.05) is 35.5 Å². The smallest absolute Gasteiger partial charge is 0.258 e. The predicted octanol–water partition coefficient (Wildman–Crippen LogP) is 4.21. The molecule has 1 aromatic carbocycles. The first-order chi connectivity index (χ1) is 12.1. The van der Waals surface area contributed by atoms with Gasteiger partial charge in [0.05, 0.1) is 22.7 Å². The maximum Gasteiger partial charge on any atom is 0.258 e. The highest BCUT2D eigenvalue weighted by atomic mass is 16.5. The first-order valence-corrected chi connectivity index (χ1v) is 8.74. The van der Waals surface area contributed by atoms with Gasteiger partial charge < -0.3 is 9.42 Å². The maximum atomic E-state index is 13.4. The molecule has 1 aliphatic heterocycles. The average Bonchev–Trinajstić information content (AvgIpc) is 3.02. The summed E-state index contributed by atoms with van der Waals surface area (Å²) in [5, 5.41) is 4.72. The number of benzene rings is 1. The van der Waals surface area contributed by atoms with E-state index < -0.39 is 0 Å². The topological polar surface area (TPSA) is 59.2 Å². The van der Waals surface area contributed by atoms with Gasteiger partial charge in [0, 0.05) is 12.2 Å². The standard InChI is InChI=1S/C20H21N3O2/c1-13-12-16(18-14(2)22-25-19(18)21-13)20(24)23-11-7-6-10-17(23)15-8-4-3-5-9-15/h3-5,8-9,12,17H,6-7,10-11H2,1-2H3. The third kappa shape index (κ3) is 2.80. The number of rotatable bonds is 2. The highest BCUT2D eigenvalue weighted by Crippen LogP contribution is 2.33. The molecule has 1 aliphatic rings. The van der Waals surface area contributed by atoms with Gasteiger partial charge in [-0.05, 0) is 44.7 Å². The number of amides is 1. The van der Waals surface area contributed by atoms with Crippen LogP contribution in [-0.2, 0) is 0 Å². The molecule has 0 saturated carbocycles. The number of carbonyl (C=O) groups is 1. The van der Waals surface area contributed by atoms with Crippen molar-refractivity contribution in [3.8, 4) is 0 Å². The number of likely N-dealkylation sites (tertiary alicyclic amines) is 1. The van der Waals surface area contributed by atoms with Crippen molar-refractivity contribution in [2.45, 2.75) is 39.2 Å². The van der Waals surface area contributed by atoms with Crippen molar-refractivity contribution in [2.75, 3.05) is 6.54 Å². The Morgan fingerprint density at radius 1 is 1.20 bits per heavy atom. The summed E-state index contributed by atoms with van der Waals surface area (Å²) < 4.78 is 5.29. The summed E-state index contributed by atoms with van der Waals surface area (Å²) >= 11 is 0. The first kappa shape index (κ1) is 15.8. The summed E-state index contributed by atoms with van der Waals surface area (Å²) in [6.45, 7) is 4.50. The molecular weight excluding hydrogens is 314 g/mol. The van der Waals surface area contributed by atoms with Crippen molar-refractivity contribution in [1.82, 2.24) is 15.0 Å². The molecular formula is C20H21N3O2. The summed E-state index contributed by atoms with van der Waals surface area (Å²) in [6.07, 6.45) is 3.16. The third-order valence-electron chi connectivity index (χ3n) is 4.92. The van der Waals surface area contributed by atoms with Gasteiger partial charge in [-0.25, -0.2) is 4.98 Å². The van der Waals surface area contributed by atoms with Crippen LogP contribution in [-0.4, -0.2) is 27.5 Å². The fraction of sp³-hybridized carbons (Fsp3) is 0.350. The van der Waals surface area contributed by atoms with E-state index in [0.717, 1.165) is 36.9 Å².